The van der Waals surface area contributed by atoms with Gasteiger partial charge in [0.2, 0.25) is 0 Å². The first-order chi connectivity index (χ1) is 9.50. The normalized spacial score (nSPS) is 13.9. The Balaban J connectivity index is 3.65. The van der Waals surface area contributed by atoms with Crippen molar-refractivity contribution in [3.63, 3.8) is 0 Å². The van der Waals surface area contributed by atoms with Crippen molar-refractivity contribution in [2.75, 3.05) is 6.54 Å². The maximum absolute atomic E-state index is 11.6. The molecule has 0 heterocycles. The Hall–Kier alpha value is -0.940. The highest BCUT2D eigenvalue weighted by molar-refractivity contribution is 6.00. The molecule has 0 aromatic carbocycles. The zero-order valence-electron chi connectivity index (χ0n) is 12.6. The molecular formula is C15H30N2O3. The number of aliphatic carboxylic acids is 1. The SMILES string of the molecule is C[C@H](N)C(=O)C(CCCCCCCCCCN)C(=O)O. The van der Waals surface area contributed by atoms with Crippen LogP contribution in [-0.4, -0.2) is 29.4 Å². The van der Waals surface area contributed by atoms with Gasteiger partial charge in [-0.3, -0.25) is 9.59 Å². The molecule has 0 saturated carbocycles. The maximum Gasteiger partial charge on any atom is 0.314 e. The summed E-state index contributed by atoms with van der Waals surface area (Å²) in [6.07, 6.45) is 9.15. The van der Waals surface area contributed by atoms with Crippen LogP contribution < -0.4 is 11.5 Å². The highest BCUT2D eigenvalue weighted by Crippen LogP contribution is 2.15. The number of unbranched alkanes of at least 4 members (excludes halogenated alkanes) is 7. The van der Waals surface area contributed by atoms with Crippen LogP contribution in [0.1, 0.15) is 64.7 Å². The van der Waals surface area contributed by atoms with Crippen LogP contribution in [0.2, 0.25) is 0 Å². The van der Waals surface area contributed by atoms with E-state index in [0.717, 1.165) is 32.2 Å². The van der Waals surface area contributed by atoms with Crippen LogP contribution in [0.5, 0.6) is 0 Å². The molecule has 0 aliphatic heterocycles. The lowest BCUT2D eigenvalue weighted by Crippen LogP contribution is -2.36. The third-order valence-corrected chi connectivity index (χ3v) is 3.54. The number of carbonyl (C=O) groups is 2. The van der Waals surface area contributed by atoms with Gasteiger partial charge in [-0.05, 0) is 26.3 Å². The van der Waals surface area contributed by atoms with Gasteiger partial charge in [0.05, 0.1) is 6.04 Å². The molecule has 1 unspecified atom stereocenters. The van der Waals surface area contributed by atoms with E-state index in [1.807, 2.05) is 0 Å². The molecule has 5 nitrogen and oxygen atoms in total. The van der Waals surface area contributed by atoms with Gasteiger partial charge in [-0.15, -0.1) is 0 Å². The molecule has 0 saturated heterocycles. The van der Waals surface area contributed by atoms with Crippen LogP contribution in [0.4, 0.5) is 0 Å². The smallest absolute Gasteiger partial charge is 0.314 e. The fraction of sp³-hybridized carbons (Fsp3) is 0.867. The Bertz CT molecular complexity index is 280. The van der Waals surface area contributed by atoms with Crippen molar-refractivity contribution in [2.45, 2.75) is 70.8 Å². The van der Waals surface area contributed by atoms with E-state index >= 15 is 0 Å². The van der Waals surface area contributed by atoms with Crippen LogP contribution in [-0.2, 0) is 9.59 Å². The van der Waals surface area contributed by atoms with Crippen LogP contribution in [0.15, 0.2) is 0 Å². The highest BCUT2D eigenvalue weighted by Gasteiger charge is 2.27. The molecule has 0 radical (unpaired) electrons. The van der Waals surface area contributed by atoms with E-state index in [-0.39, 0.29) is 5.78 Å². The van der Waals surface area contributed by atoms with E-state index in [2.05, 4.69) is 0 Å². The van der Waals surface area contributed by atoms with Crippen molar-refractivity contribution in [2.24, 2.45) is 17.4 Å². The number of hydrogen-bond acceptors (Lipinski definition) is 4. The number of hydrogen-bond donors (Lipinski definition) is 3. The first-order valence-corrected chi connectivity index (χ1v) is 7.73. The van der Waals surface area contributed by atoms with Crippen molar-refractivity contribution < 1.29 is 14.7 Å². The lowest BCUT2D eigenvalue weighted by molar-refractivity contribution is -0.146. The van der Waals surface area contributed by atoms with Gasteiger partial charge in [-0.1, -0.05) is 44.9 Å². The fourth-order valence-electron chi connectivity index (χ4n) is 2.26. The molecule has 0 amide bonds. The van der Waals surface area contributed by atoms with E-state index < -0.39 is 17.9 Å². The Morgan fingerprint density at radius 2 is 1.40 bits per heavy atom. The third kappa shape index (κ3) is 9.04. The minimum absolute atomic E-state index is 0.362. The Labute approximate surface area is 122 Å². The van der Waals surface area contributed by atoms with Gasteiger partial charge >= 0.3 is 5.97 Å². The molecule has 0 fully saturated rings. The number of rotatable bonds is 13. The van der Waals surface area contributed by atoms with Crippen LogP contribution in [0, 0.1) is 5.92 Å². The molecule has 0 aliphatic carbocycles. The van der Waals surface area contributed by atoms with Gasteiger partial charge in [-0.2, -0.15) is 0 Å². The Kier molecular flexibility index (Phi) is 11.3. The summed E-state index contributed by atoms with van der Waals surface area (Å²) in [6, 6.07) is -0.696. The van der Waals surface area contributed by atoms with Gasteiger partial charge in [0, 0.05) is 0 Å². The number of carboxylic acid groups (broad SMARTS) is 1. The Morgan fingerprint density at radius 1 is 0.950 bits per heavy atom. The van der Waals surface area contributed by atoms with Crippen LogP contribution in [0.3, 0.4) is 0 Å². The number of Topliss-reactive ketones (excluding diaryl/α,β-unsaturated/α-hetero) is 1. The number of carboxylic acids is 1. The molecule has 5 heteroatoms. The summed E-state index contributed by atoms with van der Waals surface area (Å²) in [7, 11) is 0. The highest BCUT2D eigenvalue weighted by atomic mass is 16.4. The second kappa shape index (κ2) is 11.9. The van der Waals surface area contributed by atoms with Gasteiger partial charge < -0.3 is 16.6 Å². The summed E-state index contributed by atoms with van der Waals surface area (Å²) >= 11 is 0. The predicted octanol–water partition coefficient (Wildman–Crippen LogP) is 2.07. The van der Waals surface area contributed by atoms with Crippen molar-refractivity contribution in [3.8, 4) is 0 Å². The molecule has 0 bridgehead atoms. The second-order valence-corrected chi connectivity index (χ2v) is 5.49. The molecule has 0 aromatic heterocycles. The largest absolute Gasteiger partial charge is 0.481 e. The molecule has 2 atom stereocenters. The molecule has 0 spiro atoms. The van der Waals surface area contributed by atoms with Crippen LogP contribution in [0.25, 0.3) is 0 Å². The van der Waals surface area contributed by atoms with Crippen molar-refractivity contribution in [1.29, 1.82) is 0 Å². The molecule has 0 aliphatic rings. The molecule has 0 aromatic rings. The van der Waals surface area contributed by atoms with E-state index in [4.69, 9.17) is 16.6 Å². The average Bonchev–Trinajstić information content (AvgIpc) is 2.39. The average molecular weight is 286 g/mol. The molecule has 118 valence electrons. The minimum Gasteiger partial charge on any atom is -0.481 e. The monoisotopic (exact) mass is 286 g/mol. The number of ketones is 1. The molecular weight excluding hydrogens is 256 g/mol. The maximum atomic E-state index is 11.6. The first-order valence-electron chi connectivity index (χ1n) is 7.73. The summed E-state index contributed by atoms with van der Waals surface area (Å²) < 4.78 is 0. The quantitative estimate of drug-likeness (QED) is 0.355. The van der Waals surface area contributed by atoms with E-state index in [1.165, 1.54) is 25.7 Å². The minimum atomic E-state index is -1.05. The zero-order chi connectivity index (χ0) is 15.4. The van der Waals surface area contributed by atoms with E-state index in [9.17, 15) is 9.59 Å². The molecule has 0 rings (SSSR count). The van der Waals surface area contributed by atoms with Crippen molar-refractivity contribution >= 4 is 11.8 Å². The van der Waals surface area contributed by atoms with Crippen molar-refractivity contribution in [3.05, 3.63) is 0 Å². The summed E-state index contributed by atoms with van der Waals surface area (Å²) in [4.78, 5) is 22.7. The van der Waals surface area contributed by atoms with Gasteiger partial charge in [0.25, 0.3) is 0 Å². The summed E-state index contributed by atoms with van der Waals surface area (Å²) in [5.41, 5.74) is 10.9. The topological polar surface area (TPSA) is 106 Å². The van der Waals surface area contributed by atoms with Gasteiger partial charge in [-0.25, -0.2) is 0 Å². The van der Waals surface area contributed by atoms with Gasteiger partial charge in [0.15, 0.2) is 5.78 Å². The summed E-state index contributed by atoms with van der Waals surface area (Å²) in [5, 5.41) is 9.03. The number of carbonyl (C=O) groups excluding carboxylic acids is 1. The summed E-state index contributed by atoms with van der Waals surface area (Å²) in [5.74, 6) is -2.34. The molecule has 5 N–H and O–H groups in total. The first kappa shape index (κ1) is 19.1. The lowest BCUT2D eigenvalue weighted by atomic mass is 9.93. The number of nitrogens with two attached hydrogens (primary N) is 2. The summed E-state index contributed by atoms with van der Waals surface area (Å²) in [6.45, 7) is 2.31. The lowest BCUT2D eigenvalue weighted by Gasteiger charge is -2.13. The van der Waals surface area contributed by atoms with E-state index in [1.54, 1.807) is 6.92 Å². The second-order valence-electron chi connectivity index (χ2n) is 5.49. The standard InChI is InChI=1S/C15H30N2O3/c1-12(17)14(18)13(15(19)20)10-8-6-4-2-3-5-7-9-11-16/h12-13H,2-11,16-17H2,1H3,(H,19,20)/t12-,13?/m0/s1. The fourth-order valence-corrected chi connectivity index (χ4v) is 2.26. The third-order valence-electron chi connectivity index (χ3n) is 3.54. The van der Waals surface area contributed by atoms with E-state index in [0.29, 0.717) is 6.42 Å². The Morgan fingerprint density at radius 3 is 1.80 bits per heavy atom. The molecule has 20 heavy (non-hydrogen) atoms. The predicted molar refractivity (Wildman–Crippen MR) is 80.4 cm³/mol. The van der Waals surface area contributed by atoms with Gasteiger partial charge in [0.1, 0.15) is 5.92 Å². The van der Waals surface area contributed by atoms with Crippen LogP contribution >= 0.6 is 0 Å². The zero-order valence-corrected chi connectivity index (χ0v) is 12.6. The van der Waals surface area contributed by atoms with Crippen molar-refractivity contribution in [1.82, 2.24) is 0 Å².